The second kappa shape index (κ2) is 46.1. The zero-order valence-corrected chi connectivity index (χ0v) is 38.4. The lowest BCUT2D eigenvalue weighted by Crippen LogP contribution is -2.46. The third-order valence-corrected chi connectivity index (χ3v) is 10.5. The van der Waals surface area contributed by atoms with E-state index >= 15 is 0 Å². The minimum atomic E-state index is -0.822. The average Bonchev–Trinajstić information content (AvgIpc) is 3.23. The molecule has 6 heteroatoms. The fourth-order valence-electron chi connectivity index (χ4n) is 6.77. The van der Waals surface area contributed by atoms with Crippen molar-refractivity contribution < 1.29 is 24.5 Å². The highest BCUT2D eigenvalue weighted by Gasteiger charge is 2.23. The molecule has 0 aromatic rings. The first-order valence-corrected chi connectivity index (χ1v) is 24.3. The van der Waals surface area contributed by atoms with Crippen molar-refractivity contribution in [2.45, 2.75) is 232 Å². The smallest absolute Gasteiger partial charge is 0.306 e. The highest BCUT2D eigenvalue weighted by molar-refractivity contribution is 5.78. The van der Waals surface area contributed by atoms with Crippen LogP contribution in [0.4, 0.5) is 0 Å². The Labute approximate surface area is 363 Å². The summed E-state index contributed by atoms with van der Waals surface area (Å²) >= 11 is 0. The summed E-state index contributed by atoms with van der Waals surface area (Å²) in [4.78, 5) is 26.0. The van der Waals surface area contributed by atoms with E-state index in [0.29, 0.717) is 19.3 Å². The van der Waals surface area contributed by atoms with E-state index in [9.17, 15) is 19.8 Å². The summed E-state index contributed by atoms with van der Waals surface area (Å²) in [5, 5.41) is 23.6. The summed E-state index contributed by atoms with van der Waals surface area (Å²) in [7, 11) is 0. The van der Waals surface area contributed by atoms with Crippen molar-refractivity contribution >= 4 is 11.9 Å². The van der Waals surface area contributed by atoms with Crippen molar-refractivity contribution in [2.24, 2.45) is 0 Å². The van der Waals surface area contributed by atoms with Crippen molar-refractivity contribution in [1.29, 1.82) is 0 Å². The predicted octanol–water partition coefficient (Wildman–Crippen LogP) is 14.4. The number of carbonyl (C=O) groups excluding carboxylic acids is 2. The zero-order valence-electron chi connectivity index (χ0n) is 38.4. The first-order chi connectivity index (χ1) is 29.0. The molecule has 0 aromatic heterocycles. The largest absolute Gasteiger partial charge is 0.458 e. The molecule has 6 nitrogen and oxygen atoms in total. The van der Waals surface area contributed by atoms with E-state index in [1.165, 1.54) is 89.9 Å². The zero-order chi connectivity index (χ0) is 43.1. The van der Waals surface area contributed by atoms with Crippen LogP contribution in [-0.4, -0.2) is 46.9 Å². The van der Waals surface area contributed by atoms with E-state index in [1.54, 1.807) is 6.08 Å². The van der Waals surface area contributed by atoms with Gasteiger partial charge in [0.2, 0.25) is 5.91 Å². The molecular weight excluding hydrogens is 731 g/mol. The first-order valence-electron chi connectivity index (χ1n) is 24.3. The number of unbranched alkanes of at least 4 members (excludes halogenated alkanes) is 18. The Morgan fingerprint density at radius 1 is 0.525 bits per heavy atom. The number of esters is 1. The molecule has 3 unspecified atom stereocenters. The van der Waals surface area contributed by atoms with E-state index < -0.39 is 18.2 Å². The number of hydrogen-bond donors (Lipinski definition) is 3. The highest BCUT2D eigenvalue weighted by Crippen LogP contribution is 2.15. The van der Waals surface area contributed by atoms with Crippen LogP contribution in [0, 0.1) is 0 Å². The number of hydrogen-bond acceptors (Lipinski definition) is 5. The van der Waals surface area contributed by atoms with E-state index in [1.807, 2.05) is 6.08 Å². The highest BCUT2D eigenvalue weighted by atomic mass is 16.5. The number of carbonyl (C=O) groups is 2. The fraction of sp³-hybridized carbons (Fsp3) is 0.698. The molecule has 0 radical (unpaired) electrons. The maximum atomic E-state index is 13.1. The third kappa shape index (κ3) is 41.6. The molecule has 0 fully saturated rings. The monoisotopic (exact) mass is 822 g/mol. The second-order valence-electron chi connectivity index (χ2n) is 16.1. The maximum Gasteiger partial charge on any atom is 0.306 e. The van der Waals surface area contributed by atoms with Gasteiger partial charge in [0.1, 0.15) is 6.10 Å². The number of ether oxygens (including phenoxy) is 1. The Kier molecular flexibility index (Phi) is 43.8. The summed E-state index contributed by atoms with van der Waals surface area (Å²) < 4.78 is 5.80. The van der Waals surface area contributed by atoms with Gasteiger partial charge in [-0.15, -0.1) is 0 Å². The van der Waals surface area contributed by atoms with E-state index in [2.05, 4.69) is 99.0 Å². The minimum absolute atomic E-state index is 0.0529. The molecule has 0 spiro atoms. The summed E-state index contributed by atoms with van der Waals surface area (Å²) in [6.45, 7) is 6.27. The van der Waals surface area contributed by atoms with Crippen LogP contribution < -0.4 is 5.32 Å². The molecule has 0 saturated carbocycles. The number of aliphatic hydroxyl groups is 2. The molecule has 0 aliphatic rings. The molecule has 59 heavy (non-hydrogen) atoms. The molecule has 0 aliphatic carbocycles. The van der Waals surface area contributed by atoms with Gasteiger partial charge in [0.25, 0.3) is 0 Å². The second-order valence-corrected chi connectivity index (χ2v) is 16.1. The molecule has 0 bridgehead atoms. The SMILES string of the molecule is CC/C=C/C/C=C/C/C=C/C/C=C/C/C=C/C(CC(=O)NC(CO)C(O)CCCCCCCCCCC)OC(=O)CCCCCCCCC/C=C\C/C=C\CCCCC. The van der Waals surface area contributed by atoms with Crippen LogP contribution in [0.5, 0.6) is 0 Å². The van der Waals surface area contributed by atoms with Gasteiger partial charge in [0, 0.05) is 6.42 Å². The van der Waals surface area contributed by atoms with Crippen molar-refractivity contribution in [3.8, 4) is 0 Å². The van der Waals surface area contributed by atoms with Crippen LogP contribution in [0.2, 0.25) is 0 Å². The van der Waals surface area contributed by atoms with Gasteiger partial charge >= 0.3 is 5.97 Å². The number of rotatable bonds is 42. The van der Waals surface area contributed by atoms with Crippen LogP contribution in [0.3, 0.4) is 0 Å². The summed E-state index contributed by atoms with van der Waals surface area (Å²) in [6.07, 6.45) is 59.6. The number of nitrogens with one attached hydrogen (secondary N) is 1. The maximum absolute atomic E-state index is 13.1. The van der Waals surface area contributed by atoms with Gasteiger partial charge in [-0.2, -0.15) is 0 Å². The van der Waals surface area contributed by atoms with Gasteiger partial charge in [-0.1, -0.05) is 202 Å². The van der Waals surface area contributed by atoms with Crippen molar-refractivity contribution in [1.82, 2.24) is 5.32 Å². The molecule has 0 rings (SSSR count). The summed E-state index contributed by atoms with van der Waals surface area (Å²) in [5.74, 6) is -0.644. The number of allylic oxidation sites excluding steroid dienone is 13. The molecule has 1 amide bonds. The molecule has 3 N–H and O–H groups in total. The Morgan fingerprint density at radius 2 is 0.949 bits per heavy atom. The van der Waals surface area contributed by atoms with E-state index in [4.69, 9.17) is 4.74 Å². The van der Waals surface area contributed by atoms with Gasteiger partial charge in [-0.25, -0.2) is 0 Å². The third-order valence-electron chi connectivity index (χ3n) is 10.5. The van der Waals surface area contributed by atoms with Gasteiger partial charge < -0.3 is 20.3 Å². The minimum Gasteiger partial charge on any atom is -0.458 e. The van der Waals surface area contributed by atoms with Crippen LogP contribution in [-0.2, 0) is 14.3 Å². The van der Waals surface area contributed by atoms with Crippen LogP contribution in [0.15, 0.2) is 85.1 Å². The number of amides is 1. The lowest BCUT2D eigenvalue weighted by Gasteiger charge is -2.23. The Morgan fingerprint density at radius 3 is 1.47 bits per heavy atom. The quantitative estimate of drug-likeness (QED) is 0.0324. The summed E-state index contributed by atoms with van der Waals surface area (Å²) in [6, 6.07) is -0.745. The molecule has 0 saturated heterocycles. The van der Waals surface area contributed by atoms with Crippen molar-refractivity contribution in [3.05, 3.63) is 85.1 Å². The van der Waals surface area contributed by atoms with Crippen molar-refractivity contribution in [3.63, 3.8) is 0 Å². The molecular formula is C53H91NO5. The number of aliphatic hydroxyl groups excluding tert-OH is 2. The van der Waals surface area contributed by atoms with E-state index in [-0.39, 0.29) is 24.9 Å². The van der Waals surface area contributed by atoms with Gasteiger partial charge in [-0.3, -0.25) is 9.59 Å². The Hall–Kier alpha value is -2.96. The van der Waals surface area contributed by atoms with Gasteiger partial charge in [0.15, 0.2) is 0 Å². The van der Waals surface area contributed by atoms with Crippen LogP contribution in [0.1, 0.15) is 213 Å². The average molecular weight is 822 g/mol. The molecule has 0 heterocycles. The standard InChI is InChI=1S/C53H91NO5/c1-4-7-10-13-16-19-21-23-25-26-27-29-31-34-37-40-43-46-53(58)59-49(44-41-38-35-33-30-28-24-22-20-17-14-11-8-5-2)47-52(57)54-50(48-55)51(56)45-42-39-36-32-18-15-12-9-6-3/h8,11,16-17,19-20,23-25,28,33,35,41,44,49-51,55-56H,4-7,9-10,12-15,18,21-22,26-27,29-32,34,36-40,42-43,45-48H2,1-3H3,(H,54,57)/b11-8+,19-16-,20-17+,25-23-,28-24+,35-33+,44-41+. The van der Waals surface area contributed by atoms with Crippen LogP contribution >= 0.6 is 0 Å². The Bertz CT molecular complexity index is 1150. The van der Waals surface area contributed by atoms with E-state index in [0.717, 1.165) is 77.0 Å². The van der Waals surface area contributed by atoms with Gasteiger partial charge in [-0.05, 0) is 83.1 Å². The molecule has 0 aliphatic heterocycles. The van der Waals surface area contributed by atoms with Gasteiger partial charge in [0.05, 0.1) is 25.2 Å². The molecule has 338 valence electrons. The lowest BCUT2D eigenvalue weighted by molar-refractivity contribution is -0.148. The molecule has 0 aromatic carbocycles. The topological polar surface area (TPSA) is 95.9 Å². The molecule has 3 atom stereocenters. The fourth-order valence-corrected chi connectivity index (χ4v) is 6.77. The predicted molar refractivity (Wildman–Crippen MR) is 254 cm³/mol. The van der Waals surface area contributed by atoms with Crippen LogP contribution in [0.25, 0.3) is 0 Å². The summed E-state index contributed by atoms with van der Waals surface area (Å²) in [5.41, 5.74) is 0. The Balaban J connectivity index is 4.75. The van der Waals surface area contributed by atoms with Crippen molar-refractivity contribution in [2.75, 3.05) is 6.61 Å². The normalized spacial score (nSPS) is 14.1. The lowest BCUT2D eigenvalue weighted by atomic mass is 10.0. The first kappa shape index (κ1) is 56.0.